The van der Waals surface area contributed by atoms with Gasteiger partial charge in [0.2, 0.25) is 5.91 Å². The molecule has 0 bridgehead atoms. The number of hydrogen-bond donors (Lipinski definition) is 1. The van der Waals surface area contributed by atoms with Gasteiger partial charge < -0.3 is 10.2 Å². The summed E-state index contributed by atoms with van der Waals surface area (Å²) in [6.07, 6.45) is 0.627. The summed E-state index contributed by atoms with van der Waals surface area (Å²) in [6.45, 7) is 4.52. The van der Waals surface area contributed by atoms with Gasteiger partial charge in [-0.1, -0.05) is 32.0 Å². The summed E-state index contributed by atoms with van der Waals surface area (Å²) in [5.74, 6) is -0.523. The fraction of sp³-hybridized carbons (Fsp3) is 0.400. The molecule has 1 N–H and O–H groups in total. The molecule has 0 aliphatic carbocycles. The molecule has 2 aromatic rings. The Bertz CT molecular complexity index is 794. The molecule has 4 nitrogen and oxygen atoms in total. The second-order valence-electron chi connectivity index (χ2n) is 6.74. The van der Waals surface area contributed by atoms with Crippen LogP contribution < -0.4 is 5.32 Å². The van der Waals surface area contributed by atoms with Crippen molar-refractivity contribution in [3.63, 3.8) is 0 Å². The summed E-state index contributed by atoms with van der Waals surface area (Å²) in [7, 11) is 1.73. The zero-order chi connectivity index (χ0) is 19.3. The average Bonchev–Trinajstić information content (AvgIpc) is 2.62. The largest absolute Gasteiger partial charge is 0.352 e. The van der Waals surface area contributed by atoms with E-state index in [1.165, 1.54) is 12.1 Å². The monoisotopic (exact) mass is 378 g/mol. The van der Waals surface area contributed by atoms with Gasteiger partial charge in [-0.15, -0.1) is 11.6 Å². The summed E-state index contributed by atoms with van der Waals surface area (Å²) in [4.78, 5) is 26.0. The number of nitrogens with one attached hydrogen (secondary N) is 1. The minimum atomic E-state index is -0.328. The standard InChI is InChI=1S/C20H24ClFN2O2/c1-13(2)18(23-19(25)12-21)9-10-24(3)20(26)17-6-4-5-14-11-15(22)7-8-16(14)17/h4-8,11,13,18H,9-10,12H2,1-3H3,(H,23,25). The Kier molecular flexibility index (Phi) is 6.98. The first-order valence-electron chi connectivity index (χ1n) is 8.62. The number of halogens is 2. The lowest BCUT2D eigenvalue weighted by Crippen LogP contribution is -2.42. The maximum atomic E-state index is 13.4. The third-order valence-corrected chi connectivity index (χ3v) is 4.71. The number of hydrogen-bond acceptors (Lipinski definition) is 2. The molecule has 0 fully saturated rings. The quantitative estimate of drug-likeness (QED) is 0.744. The minimum Gasteiger partial charge on any atom is -0.352 e. The van der Waals surface area contributed by atoms with E-state index in [9.17, 15) is 14.0 Å². The smallest absolute Gasteiger partial charge is 0.254 e. The Balaban J connectivity index is 2.11. The van der Waals surface area contributed by atoms with Crippen molar-refractivity contribution in [2.24, 2.45) is 5.92 Å². The Morgan fingerprint density at radius 3 is 2.62 bits per heavy atom. The third kappa shape index (κ3) is 4.94. The first kappa shape index (κ1) is 20.2. The van der Waals surface area contributed by atoms with Gasteiger partial charge in [0.05, 0.1) is 0 Å². The number of benzene rings is 2. The van der Waals surface area contributed by atoms with E-state index < -0.39 is 0 Å². The number of fused-ring (bicyclic) bond motifs is 1. The Hall–Kier alpha value is -2.14. The highest BCUT2D eigenvalue weighted by atomic mass is 35.5. The fourth-order valence-corrected chi connectivity index (χ4v) is 2.98. The predicted molar refractivity (Wildman–Crippen MR) is 103 cm³/mol. The molecular formula is C20H24ClFN2O2. The Morgan fingerprint density at radius 2 is 1.96 bits per heavy atom. The van der Waals surface area contributed by atoms with E-state index in [1.54, 1.807) is 36.2 Å². The zero-order valence-electron chi connectivity index (χ0n) is 15.3. The van der Waals surface area contributed by atoms with Gasteiger partial charge in [-0.25, -0.2) is 4.39 Å². The van der Waals surface area contributed by atoms with Gasteiger partial charge >= 0.3 is 0 Å². The Labute approximate surface area is 158 Å². The van der Waals surface area contributed by atoms with Crippen molar-refractivity contribution < 1.29 is 14.0 Å². The van der Waals surface area contributed by atoms with Gasteiger partial charge in [-0.2, -0.15) is 0 Å². The van der Waals surface area contributed by atoms with Crippen molar-refractivity contribution in [1.82, 2.24) is 10.2 Å². The first-order valence-corrected chi connectivity index (χ1v) is 9.16. The van der Waals surface area contributed by atoms with Crippen LogP contribution >= 0.6 is 11.6 Å². The normalized spacial score (nSPS) is 12.2. The van der Waals surface area contributed by atoms with Crippen molar-refractivity contribution in [1.29, 1.82) is 0 Å². The van der Waals surface area contributed by atoms with E-state index in [0.29, 0.717) is 23.9 Å². The average molecular weight is 379 g/mol. The molecular weight excluding hydrogens is 355 g/mol. The van der Waals surface area contributed by atoms with E-state index >= 15 is 0 Å². The summed E-state index contributed by atoms with van der Waals surface area (Å²) in [5.41, 5.74) is 0.538. The number of nitrogens with zero attached hydrogens (tertiary/aromatic N) is 1. The maximum Gasteiger partial charge on any atom is 0.254 e. The number of rotatable bonds is 7. The van der Waals surface area contributed by atoms with Crippen LogP contribution in [-0.2, 0) is 4.79 Å². The molecule has 0 aliphatic heterocycles. The molecule has 1 unspecified atom stereocenters. The van der Waals surface area contributed by atoms with Crippen LogP contribution in [0.4, 0.5) is 4.39 Å². The molecule has 0 spiro atoms. The summed E-state index contributed by atoms with van der Waals surface area (Å²) < 4.78 is 13.4. The van der Waals surface area contributed by atoms with Crippen LogP contribution in [0.15, 0.2) is 36.4 Å². The molecule has 0 saturated heterocycles. The van der Waals surface area contributed by atoms with Crippen LogP contribution in [0.3, 0.4) is 0 Å². The summed E-state index contributed by atoms with van der Waals surface area (Å²) in [5, 5.41) is 4.30. The molecule has 2 aromatic carbocycles. The number of carbonyl (C=O) groups is 2. The molecule has 140 valence electrons. The molecule has 1 atom stereocenters. The lowest BCUT2D eigenvalue weighted by Gasteiger charge is -2.25. The molecule has 0 aliphatic rings. The predicted octanol–water partition coefficient (Wildman–Crippen LogP) is 3.82. The topological polar surface area (TPSA) is 49.4 Å². The molecule has 0 heterocycles. The van der Waals surface area contributed by atoms with E-state index in [1.807, 2.05) is 13.8 Å². The van der Waals surface area contributed by atoms with Crippen LogP contribution in [0.5, 0.6) is 0 Å². The molecule has 0 radical (unpaired) electrons. The lowest BCUT2D eigenvalue weighted by atomic mass is 10.00. The maximum absolute atomic E-state index is 13.4. The van der Waals surface area contributed by atoms with Crippen LogP contribution in [0, 0.1) is 11.7 Å². The van der Waals surface area contributed by atoms with E-state index in [4.69, 9.17) is 11.6 Å². The highest BCUT2D eigenvalue weighted by Crippen LogP contribution is 2.21. The zero-order valence-corrected chi connectivity index (χ0v) is 16.0. The first-order chi connectivity index (χ1) is 12.3. The van der Waals surface area contributed by atoms with Crippen LogP contribution in [0.2, 0.25) is 0 Å². The van der Waals surface area contributed by atoms with Crippen LogP contribution in [0.25, 0.3) is 10.8 Å². The second-order valence-corrected chi connectivity index (χ2v) is 7.01. The van der Waals surface area contributed by atoms with Crippen molar-refractivity contribution >= 4 is 34.2 Å². The van der Waals surface area contributed by atoms with Crippen molar-refractivity contribution in [3.05, 3.63) is 47.8 Å². The highest BCUT2D eigenvalue weighted by Gasteiger charge is 2.19. The molecule has 26 heavy (non-hydrogen) atoms. The van der Waals surface area contributed by atoms with Gasteiger partial charge in [0.15, 0.2) is 0 Å². The second kappa shape index (κ2) is 8.99. The van der Waals surface area contributed by atoms with Crippen molar-refractivity contribution in [3.8, 4) is 0 Å². The van der Waals surface area contributed by atoms with E-state index in [2.05, 4.69) is 5.32 Å². The fourth-order valence-electron chi connectivity index (χ4n) is 2.90. The van der Waals surface area contributed by atoms with Crippen molar-refractivity contribution in [2.75, 3.05) is 19.5 Å². The molecule has 0 aromatic heterocycles. The Morgan fingerprint density at radius 1 is 1.23 bits per heavy atom. The van der Waals surface area contributed by atoms with E-state index in [0.717, 1.165) is 5.39 Å². The minimum absolute atomic E-state index is 0.0573. The summed E-state index contributed by atoms with van der Waals surface area (Å²) in [6, 6.07) is 9.63. The highest BCUT2D eigenvalue weighted by molar-refractivity contribution is 6.27. The van der Waals surface area contributed by atoms with Gasteiger partial charge in [0.1, 0.15) is 11.7 Å². The molecule has 2 amide bonds. The SMILES string of the molecule is CC(C)C(CCN(C)C(=O)c1cccc2cc(F)ccc12)NC(=O)CCl. The van der Waals surface area contributed by atoms with E-state index in [-0.39, 0.29) is 35.5 Å². The van der Waals surface area contributed by atoms with Gasteiger partial charge in [-0.05, 0) is 41.3 Å². The van der Waals surface area contributed by atoms with Crippen LogP contribution in [0.1, 0.15) is 30.6 Å². The molecule has 6 heteroatoms. The number of amides is 2. The van der Waals surface area contributed by atoms with Gasteiger partial charge in [0, 0.05) is 25.2 Å². The van der Waals surface area contributed by atoms with Gasteiger partial charge in [0.25, 0.3) is 5.91 Å². The number of alkyl halides is 1. The molecule has 2 rings (SSSR count). The molecule has 0 saturated carbocycles. The van der Waals surface area contributed by atoms with Gasteiger partial charge in [-0.3, -0.25) is 9.59 Å². The number of carbonyl (C=O) groups excluding carboxylic acids is 2. The van der Waals surface area contributed by atoms with Crippen molar-refractivity contribution in [2.45, 2.75) is 26.3 Å². The summed E-state index contributed by atoms with van der Waals surface area (Å²) >= 11 is 5.56. The lowest BCUT2D eigenvalue weighted by molar-refractivity contribution is -0.119. The van der Waals surface area contributed by atoms with Crippen LogP contribution in [-0.4, -0.2) is 42.2 Å². The third-order valence-electron chi connectivity index (χ3n) is 4.47.